The average Bonchev–Trinajstić information content (AvgIpc) is 2.42. The lowest BCUT2D eigenvalue weighted by Gasteiger charge is -2.27. The first-order chi connectivity index (χ1) is 8.36. The highest BCUT2D eigenvalue weighted by atomic mass is 14.9. The van der Waals surface area contributed by atoms with Crippen LogP contribution in [0, 0.1) is 0 Å². The Morgan fingerprint density at radius 1 is 1.12 bits per heavy atom. The van der Waals surface area contributed by atoms with Crippen LogP contribution >= 0.6 is 0 Å². The molecule has 0 bridgehead atoms. The predicted octanol–water partition coefficient (Wildman–Crippen LogP) is 4.06. The second-order valence-electron chi connectivity index (χ2n) is 5.17. The van der Waals surface area contributed by atoms with Crippen LogP contribution in [-0.4, -0.2) is 13.1 Å². The third-order valence-electron chi connectivity index (χ3n) is 4.20. The fraction of sp³-hybridized carbons (Fsp3) is 0.625. The summed E-state index contributed by atoms with van der Waals surface area (Å²) in [7, 11) is 0. The Labute approximate surface area is 106 Å². The van der Waals surface area contributed by atoms with Crippen LogP contribution in [0.25, 0.3) is 0 Å². The molecule has 1 saturated heterocycles. The van der Waals surface area contributed by atoms with Gasteiger partial charge in [-0.1, -0.05) is 38.1 Å². The van der Waals surface area contributed by atoms with E-state index in [-0.39, 0.29) is 0 Å². The molecule has 1 heteroatoms. The number of nitrogens with one attached hydrogen (secondary N) is 1. The summed E-state index contributed by atoms with van der Waals surface area (Å²) in [4.78, 5) is 0. The molecule has 0 aliphatic carbocycles. The first-order valence-corrected chi connectivity index (χ1v) is 7.16. The van der Waals surface area contributed by atoms with E-state index in [0.717, 1.165) is 11.8 Å². The van der Waals surface area contributed by atoms with Gasteiger partial charge in [0, 0.05) is 0 Å². The zero-order chi connectivity index (χ0) is 12.1. The minimum Gasteiger partial charge on any atom is -0.317 e. The van der Waals surface area contributed by atoms with E-state index < -0.39 is 0 Å². The molecule has 1 fully saturated rings. The molecule has 1 aliphatic heterocycles. The highest BCUT2D eigenvalue weighted by molar-refractivity contribution is 5.33. The molecule has 0 radical (unpaired) electrons. The van der Waals surface area contributed by atoms with Crippen molar-refractivity contribution >= 4 is 0 Å². The van der Waals surface area contributed by atoms with Crippen molar-refractivity contribution in [2.45, 2.75) is 51.4 Å². The van der Waals surface area contributed by atoms with Gasteiger partial charge in [-0.05, 0) is 61.7 Å². The molecule has 2 rings (SSSR count). The van der Waals surface area contributed by atoms with E-state index in [2.05, 4.69) is 43.4 Å². The van der Waals surface area contributed by atoms with Crippen molar-refractivity contribution in [1.82, 2.24) is 5.32 Å². The fourth-order valence-electron chi connectivity index (χ4n) is 3.12. The van der Waals surface area contributed by atoms with Crippen molar-refractivity contribution in [1.29, 1.82) is 0 Å². The van der Waals surface area contributed by atoms with Gasteiger partial charge in [-0.25, -0.2) is 0 Å². The molecule has 1 N–H and O–H groups in total. The van der Waals surface area contributed by atoms with Crippen LogP contribution < -0.4 is 5.32 Å². The van der Waals surface area contributed by atoms with Crippen LogP contribution in [0.3, 0.4) is 0 Å². The Morgan fingerprint density at radius 3 is 2.41 bits per heavy atom. The predicted molar refractivity (Wildman–Crippen MR) is 74.6 cm³/mol. The summed E-state index contributed by atoms with van der Waals surface area (Å²) in [5, 5.41) is 3.46. The van der Waals surface area contributed by atoms with Crippen LogP contribution in [0.15, 0.2) is 24.3 Å². The largest absolute Gasteiger partial charge is 0.317 e. The maximum absolute atomic E-state index is 3.46. The van der Waals surface area contributed by atoms with Crippen molar-refractivity contribution < 1.29 is 0 Å². The lowest BCUT2D eigenvalue weighted by Crippen LogP contribution is -2.27. The Bertz CT molecular complexity index is 335. The molecular formula is C16H25N. The van der Waals surface area contributed by atoms with Gasteiger partial charge >= 0.3 is 0 Å². The van der Waals surface area contributed by atoms with Gasteiger partial charge in [0.2, 0.25) is 0 Å². The molecule has 1 heterocycles. The number of rotatable bonds is 4. The lowest BCUT2D eigenvalue weighted by molar-refractivity contribution is 0.455. The molecule has 94 valence electrons. The quantitative estimate of drug-likeness (QED) is 0.824. The first kappa shape index (κ1) is 12.6. The molecule has 0 spiro atoms. The van der Waals surface area contributed by atoms with E-state index in [9.17, 15) is 0 Å². The van der Waals surface area contributed by atoms with Crippen molar-refractivity contribution in [3.8, 4) is 0 Å². The van der Waals surface area contributed by atoms with Gasteiger partial charge in [0.15, 0.2) is 0 Å². The summed E-state index contributed by atoms with van der Waals surface area (Å²) < 4.78 is 0. The molecule has 1 aromatic carbocycles. The van der Waals surface area contributed by atoms with E-state index in [1.807, 2.05) is 0 Å². The molecule has 1 nitrogen and oxygen atoms in total. The van der Waals surface area contributed by atoms with Crippen LogP contribution in [0.4, 0.5) is 0 Å². The highest BCUT2D eigenvalue weighted by Crippen LogP contribution is 2.34. The maximum atomic E-state index is 3.46. The molecule has 17 heavy (non-hydrogen) atoms. The van der Waals surface area contributed by atoms with E-state index in [1.165, 1.54) is 38.8 Å². The smallest absolute Gasteiger partial charge is 0.00431 e. The average molecular weight is 231 g/mol. The van der Waals surface area contributed by atoms with Gasteiger partial charge < -0.3 is 5.32 Å². The van der Waals surface area contributed by atoms with Crippen LogP contribution in [0.5, 0.6) is 0 Å². The zero-order valence-corrected chi connectivity index (χ0v) is 11.2. The van der Waals surface area contributed by atoms with Gasteiger partial charge in [0.25, 0.3) is 0 Å². The Hall–Kier alpha value is -0.820. The standard InChI is InChI=1S/C16H25N/c1-3-13(4-2)15-7-5-6-8-16(15)14-9-11-17-12-10-14/h5-8,13-14,17H,3-4,9-12H2,1-2H3. The minimum absolute atomic E-state index is 0.751. The van der Waals surface area contributed by atoms with Crippen molar-refractivity contribution in [3.05, 3.63) is 35.4 Å². The van der Waals surface area contributed by atoms with Crippen LogP contribution in [-0.2, 0) is 0 Å². The molecule has 0 saturated carbocycles. The normalized spacial score (nSPS) is 17.6. The van der Waals surface area contributed by atoms with E-state index in [0.29, 0.717) is 0 Å². The molecule has 0 aromatic heterocycles. The van der Waals surface area contributed by atoms with Crippen molar-refractivity contribution in [2.75, 3.05) is 13.1 Å². The number of hydrogen-bond acceptors (Lipinski definition) is 1. The Kier molecular flexibility index (Phi) is 4.61. The summed E-state index contributed by atoms with van der Waals surface area (Å²) in [5.41, 5.74) is 3.24. The number of benzene rings is 1. The minimum atomic E-state index is 0.751. The van der Waals surface area contributed by atoms with Gasteiger partial charge in [-0.3, -0.25) is 0 Å². The van der Waals surface area contributed by atoms with Gasteiger partial charge in [0.1, 0.15) is 0 Å². The Morgan fingerprint density at radius 2 is 1.76 bits per heavy atom. The third kappa shape index (κ3) is 2.90. The summed E-state index contributed by atoms with van der Waals surface area (Å²) in [6.45, 7) is 6.99. The van der Waals surface area contributed by atoms with Gasteiger partial charge in [0.05, 0.1) is 0 Å². The molecule has 0 atom stereocenters. The second-order valence-corrected chi connectivity index (χ2v) is 5.17. The highest BCUT2D eigenvalue weighted by Gasteiger charge is 2.20. The monoisotopic (exact) mass is 231 g/mol. The Balaban J connectivity index is 2.25. The van der Waals surface area contributed by atoms with E-state index >= 15 is 0 Å². The van der Waals surface area contributed by atoms with E-state index in [1.54, 1.807) is 11.1 Å². The van der Waals surface area contributed by atoms with Gasteiger partial charge in [-0.2, -0.15) is 0 Å². The summed E-state index contributed by atoms with van der Waals surface area (Å²) >= 11 is 0. The topological polar surface area (TPSA) is 12.0 Å². The van der Waals surface area contributed by atoms with Gasteiger partial charge in [-0.15, -0.1) is 0 Å². The first-order valence-electron chi connectivity index (χ1n) is 7.16. The summed E-state index contributed by atoms with van der Waals surface area (Å²) in [6, 6.07) is 9.14. The molecule has 0 unspecified atom stereocenters. The fourth-order valence-corrected chi connectivity index (χ4v) is 3.12. The lowest BCUT2D eigenvalue weighted by atomic mass is 9.81. The van der Waals surface area contributed by atoms with Crippen molar-refractivity contribution in [2.24, 2.45) is 0 Å². The summed E-state index contributed by atoms with van der Waals surface area (Å²) in [6.07, 6.45) is 5.13. The number of hydrogen-bond donors (Lipinski definition) is 1. The maximum Gasteiger partial charge on any atom is -0.00431 e. The molecule has 1 aromatic rings. The number of piperidine rings is 1. The zero-order valence-electron chi connectivity index (χ0n) is 11.2. The van der Waals surface area contributed by atoms with Crippen LogP contribution in [0.1, 0.15) is 62.5 Å². The van der Waals surface area contributed by atoms with Crippen molar-refractivity contribution in [3.63, 3.8) is 0 Å². The van der Waals surface area contributed by atoms with Crippen LogP contribution in [0.2, 0.25) is 0 Å². The summed E-state index contributed by atoms with van der Waals surface area (Å²) in [5.74, 6) is 1.54. The molecule has 1 aliphatic rings. The molecule has 0 amide bonds. The SMILES string of the molecule is CCC(CC)c1ccccc1C1CCNCC1. The van der Waals surface area contributed by atoms with E-state index in [4.69, 9.17) is 0 Å². The third-order valence-corrected chi connectivity index (χ3v) is 4.20. The second kappa shape index (κ2) is 6.20. The molecular weight excluding hydrogens is 206 g/mol.